The number of benzene rings is 1. The zero-order valence-electron chi connectivity index (χ0n) is 10.2. The molecular weight excluding hydrogens is 285 g/mol. The fraction of sp³-hybridized carbons (Fsp3) is 0.143. The van der Waals surface area contributed by atoms with Gasteiger partial charge in [0.1, 0.15) is 18.1 Å². The Morgan fingerprint density at radius 3 is 2.79 bits per heavy atom. The quantitative estimate of drug-likeness (QED) is 0.798. The van der Waals surface area contributed by atoms with E-state index in [-0.39, 0.29) is 12.3 Å². The second kappa shape index (κ2) is 6.04. The number of aryl methyl sites for hydroxylation is 1. The summed E-state index contributed by atoms with van der Waals surface area (Å²) in [5, 5.41) is 1.15. The average molecular weight is 296 g/mol. The Hall–Kier alpha value is -1.58. The fourth-order valence-corrected chi connectivity index (χ4v) is 1.95. The van der Waals surface area contributed by atoms with Crippen molar-refractivity contribution in [3.05, 3.63) is 57.3 Å². The summed E-state index contributed by atoms with van der Waals surface area (Å²) in [6.07, 6.45) is 0.669. The average Bonchev–Trinajstić information content (AvgIpc) is 2.40. The molecule has 0 fully saturated rings. The third-order valence-corrected chi connectivity index (χ3v) is 3.13. The van der Waals surface area contributed by atoms with Crippen LogP contribution in [0.15, 0.2) is 30.3 Å². The highest BCUT2D eigenvalue weighted by molar-refractivity contribution is 6.33. The van der Waals surface area contributed by atoms with E-state index in [2.05, 4.69) is 4.98 Å². The molecule has 5 heteroatoms. The van der Waals surface area contributed by atoms with E-state index < -0.39 is 0 Å². The zero-order chi connectivity index (χ0) is 13.8. The van der Waals surface area contributed by atoms with Crippen molar-refractivity contribution in [2.24, 2.45) is 0 Å². The van der Waals surface area contributed by atoms with Gasteiger partial charge < -0.3 is 4.74 Å². The number of halogens is 2. The van der Waals surface area contributed by atoms with Crippen molar-refractivity contribution in [1.29, 1.82) is 0 Å². The first-order valence-corrected chi connectivity index (χ1v) is 6.35. The van der Waals surface area contributed by atoms with E-state index in [0.29, 0.717) is 22.1 Å². The molecule has 1 heterocycles. The lowest BCUT2D eigenvalue weighted by atomic mass is 10.2. The number of ether oxygens (including phenoxy) is 1. The SMILES string of the molecule is Cc1ccc(OCc2cc(Cl)ccc2Cl)c(C=O)n1. The van der Waals surface area contributed by atoms with Gasteiger partial charge in [0.2, 0.25) is 0 Å². The van der Waals surface area contributed by atoms with E-state index >= 15 is 0 Å². The summed E-state index contributed by atoms with van der Waals surface area (Å²) in [5.74, 6) is 0.427. The van der Waals surface area contributed by atoms with Crippen molar-refractivity contribution in [2.75, 3.05) is 0 Å². The molecule has 0 saturated carbocycles. The molecule has 0 N–H and O–H groups in total. The molecule has 3 nitrogen and oxygen atoms in total. The van der Waals surface area contributed by atoms with Gasteiger partial charge in [-0.2, -0.15) is 0 Å². The van der Waals surface area contributed by atoms with Gasteiger partial charge in [-0.15, -0.1) is 0 Å². The summed E-state index contributed by atoms with van der Waals surface area (Å²) in [7, 11) is 0. The minimum atomic E-state index is 0.227. The third kappa shape index (κ3) is 3.46. The smallest absolute Gasteiger partial charge is 0.172 e. The highest BCUT2D eigenvalue weighted by Crippen LogP contribution is 2.23. The van der Waals surface area contributed by atoms with Crippen LogP contribution in [0.2, 0.25) is 10.0 Å². The second-order valence-corrected chi connectivity index (χ2v) is 4.82. The third-order valence-electron chi connectivity index (χ3n) is 2.53. The summed E-state index contributed by atoms with van der Waals surface area (Å²) >= 11 is 11.9. The normalized spacial score (nSPS) is 10.3. The van der Waals surface area contributed by atoms with Gasteiger partial charge in [-0.1, -0.05) is 23.2 Å². The van der Waals surface area contributed by atoms with Gasteiger partial charge in [-0.05, 0) is 37.3 Å². The summed E-state index contributed by atoms with van der Waals surface area (Å²) in [4.78, 5) is 15.0. The van der Waals surface area contributed by atoms with Gasteiger partial charge in [0.15, 0.2) is 6.29 Å². The van der Waals surface area contributed by atoms with Crippen LogP contribution < -0.4 is 4.74 Å². The van der Waals surface area contributed by atoms with Crippen LogP contribution in [0.1, 0.15) is 21.7 Å². The first kappa shape index (κ1) is 13.8. The predicted octanol–water partition coefficient (Wildman–Crippen LogP) is 4.09. The van der Waals surface area contributed by atoms with Crippen LogP contribution in [0.3, 0.4) is 0 Å². The number of aromatic nitrogens is 1. The van der Waals surface area contributed by atoms with Crippen LogP contribution in [-0.2, 0) is 6.61 Å². The van der Waals surface area contributed by atoms with Gasteiger partial charge in [-0.25, -0.2) is 4.98 Å². The maximum Gasteiger partial charge on any atom is 0.172 e. The van der Waals surface area contributed by atoms with Crippen molar-refractivity contribution in [1.82, 2.24) is 4.98 Å². The Morgan fingerprint density at radius 1 is 1.26 bits per heavy atom. The van der Waals surface area contributed by atoms with Crippen LogP contribution in [0.5, 0.6) is 5.75 Å². The zero-order valence-corrected chi connectivity index (χ0v) is 11.7. The maximum atomic E-state index is 10.9. The largest absolute Gasteiger partial charge is 0.486 e. The number of nitrogens with zero attached hydrogens (tertiary/aromatic N) is 1. The Bertz CT molecular complexity index is 614. The molecule has 0 amide bonds. The molecule has 0 aliphatic rings. The lowest BCUT2D eigenvalue weighted by molar-refractivity contribution is 0.111. The first-order valence-electron chi connectivity index (χ1n) is 5.59. The van der Waals surface area contributed by atoms with Gasteiger partial charge in [0, 0.05) is 21.3 Å². The van der Waals surface area contributed by atoms with Crippen LogP contribution >= 0.6 is 23.2 Å². The molecule has 2 aromatic rings. The van der Waals surface area contributed by atoms with Crippen molar-refractivity contribution >= 4 is 29.5 Å². The molecule has 1 aromatic heterocycles. The number of aldehydes is 1. The van der Waals surface area contributed by atoms with Crippen LogP contribution in [0, 0.1) is 6.92 Å². The summed E-state index contributed by atoms with van der Waals surface area (Å²) in [6.45, 7) is 2.04. The summed E-state index contributed by atoms with van der Waals surface area (Å²) in [6, 6.07) is 8.63. The van der Waals surface area contributed by atoms with Gasteiger partial charge in [-0.3, -0.25) is 4.79 Å². The molecule has 0 unspecified atom stereocenters. The van der Waals surface area contributed by atoms with E-state index in [1.807, 2.05) is 6.92 Å². The molecule has 0 radical (unpaired) electrons. The van der Waals surface area contributed by atoms with Gasteiger partial charge >= 0.3 is 0 Å². The number of carbonyl (C=O) groups excluding carboxylic acids is 1. The molecule has 98 valence electrons. The molecule has 0 spiro atoms. The number of pyridine rings is 1. The molecule has 19 heavy (non-hydrogen) atoms. The van der Waals surface area contributed by atoms with Gasteiger partial charge in [0.05, 0.1) is 0 Å². The predicted molar refractivity (Wildman–Crippen MR) is 75.2 cm³/mol. The minimum Gasteiger partial charge on any atom is -0.486 e. The monoisotopic (exact) mass is 295 g/mol. The van der Waals surface area contributed by atoms with Gasteiger partial charge in [0.25, 0.3) is 0 Å². The summed E-state index contributed by atoms with van der Waals surface area (Å²) in [5.41, 5.74) is 1.79. The minimum absolute atomic E-state index is 0.227. The fourth-order valence-electron chi connectivity index (χ4n) is 1.58. The van der Waals surface area contributed by atoms with Crippen LogP contribution in [0.4, 0.5) is 0 Å². The van der Waals surface area contributed by atoms with E-state index in [0.717, 1.165) is 11.3 Å². The van der Waals surface area contributed by atoms with Crippen LogP contribution in [-0.4, -0.2) is 11.3 Å². The van der Waals surface area contributed by atoms with E-state index in [4.69, 9.17) is 27.9 Å². The molecular formula is C14H11Cl2NO2. The van der Waals surface area contributed by atoms with Crippen molar-refractivity contribution < 1.29 is 9.53 Å². The Morgan fingerprint density at radius 2 is 2.05 bits per heavy atom. The van der Waals surface area contributed by atoms with Crippen molar-refractivity contribution in [3.63, 3.8) is 0 Å². The standard InChI is InChI=1S/C14H11Cl2NO2/c1-9-2-5-14(13(7-18)17-9)19-8-10-6-11(15)3-4-12(10)16/h2-7H,8H2,1H3. The molecule has 0 aliphatic heterocycles. The number of rotatable bonds is 4. The first-order chi connectivity index (χ1) is 9.10. The number of hydrogen-bond donors (Lipinski definition) is 0. The summed E-state index contributed by atoms with van der Waals surface area (Å²) < 4.78 is 5.57. The Labute approximate surface area is 121 Å². The number of carbonyl (C=O) groups is 1. The van der Waals surface area contributed by atoms with Crippen molar-refractivity contribution in [2.45, 2.75) is 13.5 Å². The number of hydrogen-bond acceptors (Lipinski definition) is 3. The van der Waals surface area contributed by atoms with E-state index in [1.165, 1.54) is 0 Å². The van der Waals surface area contributed by atoms with E-state index in [1.54, 1.807) is 30.3 Å². The maximum absolute atomic E-state index is 10.9. The molecule has 2 rings (SSSR count). The van der Waals surface area contributed by atoms with Crippen LogP contribution in [0.25, 0.3) is 0 Å². The Kier molecular flexibility index (Phi) is 4.40. The lowest BCUT2D eigenvalue weighted by Crippen LogP contribution is -2.01. The van der Waals surface area contributed by atoms with E-state index in [9.17, 15) is 4.79 Å². The van der Waals surface area contributed by atoms with Crippen molar-refractivity contribution in [3.8, 4) is 5.75 Å². The highest BCUT2D eigenvalue weighted by Gasteiger charge is 2.07. The lowest BCUT2D eigenvalue weighted by Gasteiger charge is -2.10. The Balaban J connectivity index is 2.18. The molecule has 0 atom stereocenters. The highest BCUT2D eigenvalue weighted by atomic mass is 35.5. The molecule has 0 aliphatic carbocycles. The topological polar surface area (TPSA) is 39.2 Å². The molecule has 1 aromatic carbocycles. The molecule has 0 saturated heterocycles. The molecule has 0 bridgehead atoms. The second-order valence-electron chi connectivity index (χ2n) is 3.98.